The number of imide groups is 1. The zero-order chi connectivity index (χ0) is 14.4. The van der Waals surface area contributed by atoms with E-state index < -0.39 is 12.1 Å². The van der Waals surface area contributed by atoms with Gasteiger partial charge in [-0.1, -0.05) is 0 Å². The van der Waals surface area contributed by atoms with E-state index in [1.807, 2.05) is 0 Å². The first-order chi connectivity index (χ1) is 8.93. The molecule has 0 saturated carbocycles. The molecule has 7 nitrogen and oxygen atoms in total. The van der Waals surface area contributed by atoms with Gasteiger partial charge in [0.05, 0.1) is 6.04 Å². The lowest BCUT2D eigenvalue weighted by Crippen LogP contribution is -2.54. The van der Waals surface area contributed by atoms with E-state index in [-0.39, 0.29) is 17.9 Å². The predicted molar refractivity (Wildman–Crippen MR) is 70.5 cm³/mol. The van der Waals surface area contributed by atoms with Gasteiger partial charge in [0, 0.05) is 32.6 Å². The summed E-state index contributed by atoms with van der Waals surface area (Å²) in [4.78, 5) is 35.9. The van der Waals surface area contributed by atoms with Crippen molar-refractivity contribution in [1.82, 2.24) is 20.9 Å². The van der Waals surface area contributed by atoms with Gasteiger partial charge in [-0.15, -0.1) is 0 Å². The Morgan fingerprint density at radius 1 is 1.47 bits per heavy atom. The van der Waals surface area contributed by atoms with Crippen LogP contribution in [0.25, 0.3) is 0 Å². The molecule has 1 fully saturated rings. The predicted octanol–water partition coefficient (Wildman–Crippen LogP) is -0.569. The number of amides is 4. The second-order valence-corrected chi connectivity index (χ2v) is 4.75. The number of nitrogens with zero attached hydrogens (tertiary/aromatic N) is 1. The Kier molecular flexibility index (Phi) is 5.75. The Balaban J connectivity index is 2.37. The van der Waals surface area contributed by atoms with Crippen molar-refractivity contribution in [3.63, 3.8) is 0 Å². The molecule has 0 aromatic heterocycles. The number of carbonyl (C=O) groups excluding carboxylic acids is 3. The third kappa shape index (κ3) is 4.86. The van der Waals surface area contributed by atoms with E-state index in [4.69, 9.17) is 0 Å². The number of rotatable bonds is 4. The molecule has 108 valence electrons. The van der Waals surface area contributed by atoms with Crippen molar-refractivity contribution in [2.45, 2.75) is 38.8 Å². The van der Waals surface area contributed by atoms with Gasteiger partial charge in [0.15, 0.2) is 0 Å². The van der Waals surface area contributed by atoms with E-state index in [2.05, 4.69) is 16.0 Å². The quantitative estimate of drug-likeness (QED) is 0.638. The zero-order valence-electron chi connectivity index (χ0n) is 11.7. The van der Waals surface area contributed by atoms with E-state index in [0.29, 0.717) is 25.9 Å². The number of likely N-dealkylation sites (N-methyl/N-ethyl adjacent to an activating group) is 1. The van der Waals surface area contributed by atoms with Crippen LogP contribution in [0.1, 0.15) is 26.7 Å². The summed E-state index contributed by atoms with van der Waals surface area (Å²) in [6.07, 6.45) is 1.20. The Morgan fingerprint density at radius 3 is 2.74 bits per heavy atom. The Bertz CT molecular complexity index is 359. The van der Waals surface area contributed by atoms with Crippen molar-refractivity contribution in [3.05, 3.63) is 0 Å². The van der Waals surface area contributed by atoms with Crippen LogP contribution < -0.4 is 16.0 Å². The van der Waals surface area contributed by atoms with E-state index >= 15 is 0 Å². The minimum Gasteiger partial charge on any atom is -0.344 e. The number of carbonyl (C=O) groups is 3. The maximum absolute atomic E-state index is 11.7. The summed E-state index contributed by atoms with van der Waals surface area (Å²) >= 11 is 0. The highest BCUT2D eigenvalue weighted by molar-refractivity contribution is 5.96. The van der Waals surface area contributed by atoms with E-state index in [0.717, 1.165) is 0 Å². The van der Waals surface area contributed by atoms with E-state index in [1.165, 1.54) is 0 Å². The molecule has 1 saturated heterocycles. The molecule has 2 atom stereocenters. The van der Waals surface area contributed by atoms with Crippen LogP contribution in [-0.2, 0) is 9.59 Å². The highest BCUT2D eigenvalue weighted by Gasteiger charge is 2.25. The molecule has 0 spiro atoms. The first-order valence-corrected chi connectivity index (χ1v) is 6.52. The summed E-state index contributed by atoms with van der Waals surface area (Å²) in [5.74, 6) is -0.247. The second-order valence-electron chi connectivity index (χ2n) is 4.75. The highest BCUT2D eigenvalue weighted by Crippen LogP contribution is 2.10. The Hall–Kier alpha value is -1.63. The number of hydrogen-bond acceptors (Lipinski definition) is 4. The average molecular weight is 270 g/mol. The lowest BCUT2D eigenvalue weighted by atomic mass is 10.0. The number of piperidine rings is 1. The van der Waals surface area contributed by atoms with Gasteiger partial charge in [-0.2, -0.15) is 0 Å². The van der Waals surface area contributed by atoms with E-state index in [1.54, 1.807) is 25.8 Å². The fraction of sp³-hybridized carbons (Fsp3) is 0.750. The molecule has 4 amide bonds. The number of hydrogen-bond donors (Lipinski definition) is 3. The van der Waals surface area contributed by atoms with Crippen LogP contribution in [0.5, 0.6) is 0 Å². The van der Waals surface area contributed by atoms with Crippen molar-refractivity contribution < 1.29 is 14.4 Å². The minimum absolute atomic E-state index is 0.0812. The molecule has 1 rings (SSSR count). The smallest absolute Gasteiger partial charge is 0.321 e. The lowest BCUT2D eigenvalue weighted by molar-refractivity contribution is -0.132. The summed E-state index contributed by atoms with van der Waals surface area (Å²) < 4.78 is 0. The van der Waals surface area contributed by atoms with Crippen molar-refractivity contribution in [2.75, 3.05) is 20.1 Å². The molecule has 7 heteroatoms. The van der Waals surface area contributed by atoms with E-state index in [9.17, 15) is 14.4 Å². The fourth-order valence-corrected chi connectivity index (χ4v) is 2.00. The first kappa shape index (κ1) is 15.4. The standard InChI is InChI=1S/C12H22N4O3/c1-4-13-12(19)15-11(18)8(2)14-9-5-6-10(17)16(3)7-9/h8-9,14H,4-7H2,1-3H3,(H2,13,15,18,19). The van der Waals surface area contributed by atoms with Crippen LogP contribution in [0.3, 0.4) is 0 Å². The third-order valence-electron chi connectivity index (χ3n) is 3.08. The number of nitrogens with one attached hydrogen (secondary N) is 3. The van der Waals surface area contributed by atoms with Crippen LogP contribution in [0.2, 0.25) is 0 Å². The topological polar surface area (TPSA) is 90.5 Å². The minimum atomic E-state index is -0.489. The monoisotopic (exact) mass is 270 g/mol. The molecule has 1 heterocycles. The molecule has 0 bridgehead atoms. The van der Waals surface area contributed by atoms with Gasteiger partial charge in [0.1, 0.15) is 0 Å². The van der Waals surface area contributed by atoms with Crippen molar-refractivity contribution >= 4 is 17.8 Å². The maximum Gasteiger partial charge on any atom is 0.321 e. The fourth-order valence-electron chi connectivity index (χ4n) is 2.00. The SMILES string of the molecule is CCNC(=O)NC(=O)C(C)NC1CCC(=O)N(C)C1. The van der Waals surface area contributed by atoms with Gasteiger partial charge in [-0.25, -0.2) is 4.79 Å². The van der Waals surface area contributed by atoms with Crippen LogP contribution in [-0.4, -0.2) is 55.0 Å². The van der Waals surface area contributed by atoms with Crippen molar-refractivity contribution in [3.8, 4) is 0 Å². The molecule has 1 aliphatic rings. The van der Waals surface area contributed by atoms with Gasteiger partial charge in [0.2, 0.25) is 11.8 Å². The summed E-state index contributed by atoms with van der Waals surface area (Å²) in [6.45, 7) is 4.53. The number of likely N-dealkylation sites (tertiary alicyclic amines) is 1. The summed E-state index contributed by atoms with van der Waals surface area (Å²) in [7, 11) is 1.75. The largest absolute Gasteiger partial charge is 0.344 e. The summed E-state index contributed by atoms with van der Waals surface area (Å²) in [5, 5.41) is 7.89. The Labute approximate surface area is 113 Å². The van der Waals surface area contributed by atoms with Crippen LogP contribution in [0.15, 0.2) is 0 Å². The van der Waals surface area contributed by atoms with Gasteiger partial charge >= 0.3 is 6.03 Å². The maximum atomic E-state index is 11.7. The normalized spacial score (nSPS) is 20.9. The molecular formula is C12H22N4O3. The molecule has 0 radical (unpaired) electrons. The van der Waals surface area contributed by atoms with Crippen LogP contribution in [0.4, 0.5) is 4.79 Å². The molecular weight excluding hydrogens is 248 g/mol. The molecule has 0 aliphatic carbocycles. The van der Waals surface area contributed by atoms with Gasteiger partial charge in [-0.05, 0) is 20.3 Å². The molecule has 1 aliphatic heterocycles. The lowest BCUT2D eigenvalue weighted by Gasteiger charge is -2.31. The van der Waals surface area contributed by atoms with Gasteiger partial charge < -0.3 is 15.5 Å². The molecule has 2 unspecified atom stereocenters. The van der Waals surface area contributed by atoms with Crippen LogP contribution >= 0.6 is 0 Å². The molecule has 0 aromatic carbocycles. The summed E-state index contributed by atoms with van der Waals surface area (Å²) in [6, 6.07) is -0.885. The Morgan fingerprint density at radius 2 is 2.16 bits per heavy atom. The number of urea groups is 1. The first-order valence-electron chi connectivity index (χ1n) is 6.52. The van der Waals surface area contributed by atoms with Crippen molar-refractivity contribution in [2.24, 2.45) is 0 Å². The molecule has 19 heavy (non-hydrogen) atoms. The third-order valence-corrected chi connectivity index (χ3v) is 3.08. The highest BCUT2D eigenvalue weighted by atomic mass is 16.2. The van der Waals surface area contributed by atoms with Crippen LogP contribution in [0, 0.1) is 0 Å². The van der Waals surface area contributed by atoms with Gasteiger partial charge in [0.25, 0.3) is 0 Å². The summed E-state index contributed by atoms with van der Waals surface area (Å²) in [5.41, 5.74) is 0. The second kappa shape index (κ2) is 7.08. The average Bonchev–Trinajstić information content (AvgIpc) is 2.34. The molecule has 0 aromatic rings. The zero-order valence-corrected chi connectivity index (χ0v) is 11.7. The molecule has 3 N–H and O–H groups in total. The van der Waals surface area contributed by atoms with Gasteiger partial charge in [-0.3, -0.25) is 14.9 Å². The van der Waals surface area contributed by atoms with Crippen molar-refractivity contribution in [1.29, 1.82) is 0 Å².